The summed E-state index contributed by atoms with van der Waals surface area (Å²) < 4.78 is 42.8. The lowest BCUT2D eigenvalue weighted by molar-refractivity contribution is -0.204. The van der Waals surface area contributed by atoms with Crippen LogP contribution in [0.5, 0.6) is 0 Å². The van der Waals surface area contributed by atoms with E-state index < -0.39 is 12.1 Å². The van der Waals surface area contributed by atoms with E-state index in [2.05, 4.69) is 4.90 Å². The number of piperidine rings is 1. The number of hydroxylamine groups is 2. The molecule has 0 spiro atoms. The number of halogens is 3. The minimum absolute atomic E-state index is 0.0423. The lowest BCUT2D eigenvalue weighted by Crippen LogP contribution is -2.53. The Balaban J connectivity index is 0.000000318. The van der Waals surface area contributed by atoms with Gasteiger partial charge in [-0.1, -0.05) is 0 Å². The van der Waals surface area contributed by atoms with Gasteiger partial charge in [0.05, 0.1) is 31.2 Å². The summed E-state index contributed by atoms with van der Waals surface area (Å²) in [6.07, 6.45) is 2.48. The maximum Gasteiger partial charge on any atom is 0.490 e. The van der Waals surface area contributed by atoms with Gasteiger partial charge in [-0.05, 0) is 31.7 Å². The van der Waals surface area contributed by atoms with Crippen molar-refractivity contribution in [2.24, 2.45) is 5.92 Å². The van der Waals surface area contributed by atoms with Crippen molar-refractivity contribution < 1.29 is 41.9 Å². The van der Waals surface area contributed by atoms with Gasteiger partial charge in [-0.3, -0.25) is 14.5 Å². The molecule has 3 fully saturated rings. The molecule has 0 saturated carbocycles. The van der Waals surface area contributed by atoms with Crippen LogP contribution in [-0.2, 0) is 25.7 Å². The van der Waals surface area contributed by atoms with Crippen molar-refractivity contribution in [3.05, 3.63) is 24.2 Å². The molecule has 11 heteroatoms. The van der Waals surface area contributed by atoms with E-state index in [0.29, 0.717) is 19.2 Å². The summed E-state index contributed by atoms with van der Waals surface area (Å²) in [6.45, 7) is 3.74. The van der Waals surface area contributed by atoms with Crippen LogP contribution < -0.4 is 0 Å². The Morgan fingerprint density at radius 3 is 2.60 bits per heavy atom. The Kier molecular flexibility index (Phi) is 7.37. The molecule has 1 aromatic rings. The quantitative estimate of drug-likeness (QED) is 0.781. The van der Waals surface area contributed by atoms with Crippen LogP contribution in [-0.4, -0.2) is 71.6 Å². The number of carbonyl (C=O) groups is 2. The maximum absolute atomic E-state index is 12.8. The summed E-state index contributed by atoms with van der Waals surface area (Å²) in [5.41, 5.74) is 1.15. The molecule has 3 aliphatic rings. The smallest absolute Gasteiger partial charge is 0.475 e. The first-order valence-corrected chi connectivity index (χ1v) is 9.87. The second kappa shape index (κ2) is 9.80. The molecule has 1 amide bonds. The van der Waals surface area contributed by atoms with Gasteiger partial charge in [-0.15, -0.1) is 0 Å². The van der Waals surface area contributed by atoms with Crippen molar-refractivity contribution in [3.63, 3.8) is 0 Å². The number of hydrogen-bond acceptors (Lipinski definition) is 6. The molecule has 168 valence electrons. The molecule has 0 aliphatic carbocycles. The Labute approximate surface area is 171 Å². The number of carboxylic acids is 1. The van der Waals surface area contributed by atoms with Crippen LogP contribution in [0.3, 0.4) is 0 Å². The zero-order valence-electron chi connectivity index (χ0n) is 16.3. The number of nitrogens with zero attached hydrogens (tertiary/aromatic N) is 2. The third-order valence-electron chi connectivity index (χ3n) is 5.42. The molecule has 0 radical (unpaired) electrons. The highest BCUT2D eigenvalue weighted by molar-refractivity contribution is 5.78. The number of carboxylic acid groups (broad SMARTS) is 1. The number of amides is 1. The predicted octanol–water partition coefficient (Wildman–Crippen LogP) is 2.45. The van der Waals surface area contributed by atoms with Gasteiger partial charge in [0.1, 0.15) is 0 Å². The van der Waals surface area contributed by atoms with Crippen molar-refractivity contribution in [3.8, 4) is 0 Å². The second-order valence-electron chi connectivity index (χ2n) is 7.54. The van der Waals surface area contributed by atoms with E-state index in [4.69, 9.17) is 23.9 Å². The molecule has 1 N–H and O–H groups in total. The minimum atomic E-state index is -5.08. The number of hydrogen-bond donors (Lipinski definition) is 1. The monoisotopic (exact) mass is 434 g/mol. The largest absolute Gasteiger partial charge is 0.490 e. The summed E-state index contributed by atoms with van der Waals surface area (Å²) in [6, 6.07) is 2.40. The van der Waals surface area contributed by atoms with Crippen molar-refractivity contribution >= 4 is 11.9 Å². The number of rotatable bonds is 3. The van der Waals surface area contributed by atoms with Gasteiger partial charge >= 0.3 is 12.1 Å². The Hall–Kier alpha value is -2.11. The fourth-order valence-corrected chi connectivity index (χ4v) is 4.01. The van der Waals surface area contributed by atoms with Crippen LogP contribution >= 0.6 is 0 Å². The summed E-state index contributed by atoms with van der Waals surface area (Å²) >= 11 is 0. The third-order valence-corrected chi connectivity index (χ3v) is 5.42. The Bertz CT molecular complexity index is 706. The van der Waals surface area contributed by atoms with E-state index in [1.54, 1.807) is 17.6 Å². The van der Waals surface area contributed by atoms with Gasteiger partial charge < -0.3 is 14.3 Å². The SMILES string of the molecule is O=C(O)C(F)(F)F.O=C([C@H]1C[C@H]2OCC[C@H]2N(Cc2ccoc2)C1)N1CCCCO1. The summed E-state index contributed by atoms with van der Waals surface area (Å²) in [4.78, 5) is 29.6. The fourth-order valence-electron chi connectivity index (χ4n) is 4.01. The first kappa shape index (κ1) is 22.6. The zero-order valence-corrected chi connectivity index (χ0v) is 16.3. The lowest BCUT2D eigenvalue weighted by atomic mass is 9.89. The van der Waals surface area contributed by atoms with Gasteiger partial charge in [-0.2, -0.15) is 13.2 Å². The highest BCUT2D eigenvalue weighted by atomic mass is 19.4. The molecule has 30 heavy (non-hydrogen) atoms. The van der Waals surface area contributed by atoms with Crippen molar-refractivity contribution in [2.45, 2.75) is 50.6 Å². The predicted molar refractivity (Wildman–Crippen MR) is 96.0 cm³/mol. The molecule has 1 aromatic heterocycles. The average molecular weight is 434 g/mol. The molecule has 0 aromatic carbocycles. The molecule has 4 rings (SSSR count). The van der Waals surface area contributed by atoms with Crippen LogP contribution in [0.1, 0.15) is 31.2 Å². The molecule has 3 atom stereocenters. The van der Waals surface area contributed by atoms with Crippen molar-refractivity contribution in [1.29, 1.82) is 0 Å². The molecule has 8 nitrogen and oxygen atoms in total. The number of carbonyl (C=O) groups excluding carboxylic acids is 1. The summed E-state index contributed by atoms with van der Waals surface area (Å²) in [7, 11) is 0. The Morgan fingerprint density at radius 2 is 2.00 bits per heavy atom. The van der Waals surface area contributed by atoms with E-state index in [-0.39, 0.29) is 17.9 Å². The number of aliphatic carboxylic acids is 1. The van der Waals surface area contributed by atoms with E-state index >= 15 is 0 Å². The van der Waals surface area contributed by atoms with Crippen LogP contribution in [0.2, 0.25) is 0 Å². The number of likely N-dealkylation sites (tertiary alicyclic amines) is 1. The number of alkyl halides is 3. The number of fused-ring (bicyclic) bond motifs is 1. The first-order valence-electron chi connectivity index (χ1n) is 9.87. The summed E-state index contributed by atoms with van der Waals surface area (Å²) in [5, 5.41) is 8.71. The van der Waals surface area contributed by atoms with Crippen LogP contribution in [0.25, 0.3) is 0 Å². The highest BCUT2D eigenvalue weighted by Gasteiger charge is 2.43. The van der Waals surface area contributed by atoms with E-state index in [1.165, 1.54) is 0 Å². The highest BCUT2D eigenvalue weighted by Crippen LogP contribution is 2.33. The first-order chi connectivity index (χ1) is 14.3. The van der Waals surface area contributed by atoms with Gasteiger partial charge in [-0.25, -0.2) is 9.86 Å². The van der Waals surface area contributed by atoms with Crippen LogP contribution in [0, 0.1) is 5.92 Å². The lowest BCUT2D eigenvalue weighted by Gasteiger charge is -2.41. The molecule has 0 bridgehead atoms. The zero-order chi connectivity index (χ0) is 21.7. The topological polar surface area (TPSA) is 92.4 Å². The van der Waals surface area contributed by atoms with Crippen LogP contribution in [0.15, 0.2) is 23.0 Å². The number of ether oxygens (including phenoxy) is 1. The molecular weight excluding hydrogens is 409 g/mol. The minimum Gasteiger partial charge on any atom is -0.475 e. The average Bonchev–Trinajstić information content (AvgIpc) is 3.39. The third kappa shape index (κ3) is 5.73. The second-order valence-corrected chi connectivity index (χ2v) is 7.54. The maximum atomic E-state index is 12.8. The van der Waals surface area contributed by atoms with Gasteiger partial charge in [0, 0.05) is 37.8 Å². The standard InChI is InChI=1S/C17H24N2O4.C2HF3O2/c20-17(19-5-1-2-6-23-19)14-9-16-15(4-8-22-16)18(11-14)10-13-3-7-21-12-13;3-2(4,5)1(6)7/h3,7,12,14-16H,1-2,4-6,8-11H2;(H,6,7)/t14-,15+,16+;/m0./s1. The van der Waals surface area contributed by atoms with Crippen LogP contribution in [0.4, 0.5) is 13.2 Å². The van der Waals surface area contributed by atoms with Gasteiger partial charge in [0.2, 0.25) is 0 Å². The molecule has 4 heterocycles. The molecule has 3 saturated heterocycles. The normalized spacial score (nSPS) is 27.2. The molecular formula is C19H25F3N2O6. The van der Waals surface area contributed by atoms with E-state index in [1.807, 2.05) is 6.07 Å². The van der Waals surface area contributed by atoms with Gasteiger partial charge in [0.15, 0.2) is 0 Å². The van der Waals surface area contributed by atoms with Gasteiger partial charge in [0.25, 0.3) is 5.91 Å². The van der Waals surface area contributed by atoms with E-state index in [0.717, 1.165) is 50.9 Å². The molecule has 3 aliphatic heterocycles. The summed E-state index contributed by atoms with van der Waals surface area (Å²) in [5.74, 6) is -2.68. The molecule has 0 unspecified atom stereocenters. The Morgan fingerprint density at radius 1 is 1.23 bits per heavy atom. The van der Waals surface area contributed by atoms with Crippen molar-refractivity contribution in [2.75, 3.05) is 26.3 Å². The fraction of sp³-hybridized carbons (Fsp3) is 0.684. The van der Waals surface area contributed by atoms with Crippen molar-refractivity contribution in [1.82, 2.24) is 9.96 Å². The number of furan rings is 1. The van der Waals surface area contributed by atoms with E-state index in [9.17, 15) is 18.0 Å².